The van der Waals surface area contributed by atoms with E-state index in [1.807, 2.05) is 11.8 Å². The minimum Gasteiger partial charge on any atom is -0.430 e. The highest BCUT2D eigenvalue weighted by molar-refractivity contribution is 5.93. The van der Waals surface area contributed by atoms with Gasteiger partial charge in [0.15, 0.2) is 0 Å². The third-order valence-corrected chi connectivity index (χ3v) is 4.44. The van der Waals surface area contributed by atoms with Crippen molar-refractivity contribution in [3.63, 3.8) is 0 Å². The number of carbonyl (C=O) groups excluding carboxylic acids is 1. The molecular weight excluding hydrogens is 256 g/mol. The highest BCUT2D eigenvalue weighted by Gasteiger charge is 2.37. The molecule has 2 bridgehead atoms. The molecule has 0 aliphatic carbocycles. The maximum absolute atomic E-state index is 12.6. The van der Waals surface area contributed by atoms with Crippen molar-refractivity contribution in [1.29, 1.82) is 0 Å². The Morgan fingerprint density at radius 3 is 2.60 bits per heavy atom. The second-order valence-electron chi connectivity index (χ2n) is 5.70. The van der Waals surface area contributed by atoms with E-state index >= 15 is 0 Å². The summed E-state index contributed by atoms with van der Waals surface area (Å²) in [6, 6.07) is 4.24. The standard InChI is InChI=1S/C15H20N2O3/c1-2-17(13-7-11-4-5-12(8-13)16-11)15(19)10-3-6-14(18)20-9-10/h3,6,9,11-13,16H,2,4-5,7-8H2,1H3. The van der Waals surface area contributed by atoms with Gasteiger partial charge in [0.1, 0.15) is 6.26 Å². The number of piperidine rings is 1. The lowest BCUT2D eigenvalue weighted by Crippen LogP contribution is -2.50. The first-order chi connectivity index (χ1) is 9.67. The van der Waals surface area contributed by atoms with Crippen LogP contribution < -0.4 is 10.9 Å². The zero-order valence-corrected chi connectivity index (χ0v) is 11.7. The molecule has 2 fully saturated rings. The van der Waals surface area contributed by atoms with E-state index in [1.165, 1.54) is 25.2 Å². The van der Waals surface area contributed by atoms with Gasteiger partial charge in [0.2, 0.25) is 0 Å². The molecular formula is C15H20N2O3. The lowest BCUT2D eigenvalue weighted by Gasteiger charge is -2.37. The predicted octanol–water partition coefficient (Wildman–Crippen LogP) is 1.38. The van der Waals surface area contributed by atoms with E-state index in [2.05, 4.69) is 5.32 Å². The molecule has 2 saturated heterocycles. The molecule has 108 valence electrons. The molecule has 0 radical (unpaired) electrons. The van der Waals surface area contributed by atoms with Crippen LogP contribution in [0.2, 0.25) is 0 Å². The zero-order chi connectivity index (χ0) is 14.1. The molecule has 1 amide bonds. The number of amides is 1. The van der Waals surface area contributed by atoms with E-state index in [4.69, 9.17) is 4.42 Å². The fraction of sp³-hybridized carbons (Fsp3) is 0.600. The SMILES string of the molecule is CCN(C(=O)c1ccc(=O)oc1)C1CC2CCC(C1)N2. The number of hydrogen-bond acceptors (Lipinski definition) is 4. The zero-order valence-electron chi connectivity index (χ0n) is 11.7. The van der Waals surface area contributed by atoms with Crippen molar-refractivity contribution in [3.05, 3.63) is 34.4 Å². The summed E-state index contributed by atoms with van der Waals surface area (Å²) in [5.74, 6) is -0.0393. The van der Waals surface area contributed by atoms with Crippen molar-refractivity contribution in [3.8, 4) is 0 Å². The van der Waals surface area contributed by atoms with Crippen molar-refractivity contribution in [1.82, 2.24) is 10.2 Å². The summed E-state index contributed by atoms with van der Waals surface area (Å²) in [7, 11) is 0. The Balaban J connectivity index is 1.77. The second kappa shape index (κ2) is 5.40. The van der Waals surface area contributed by atoms with E-state index in [9.17, 15) is 9.59 Å². The summed E-state index contributed by atoms with van der Waals surface area (Å²) < 4.78 is 4.80. The molecule has 20 heavy (non-hydrogen) atoms. The maximum Gasteiger partial charge on any atom is 0.335 e. The van der Waals surface area contributed by atoms with Crippen LogP contribution in [0.25, 0.3) is 0 Å². The highest BCUT2D eigenvalue weighted by Crippen LogP contribution is 2.30. The van der Waals surface area contributed by atoms with Gasteiger partial charge in [0, 0.05) is 30.7 Å². The van der Waals surface area contributed by atoms with E-state index < -0.39 is 5.63 Å². The fourth-order valence-electron chi connectivity index (χ4n) is 3.49. The topological polar surface area (TPSA) is 62.6 Å². The Morgan fingerprint density at radius 1 is 1.35 bits per heavy atom. The molecule has 1 aromatic rings. The van der Waals surface area contributed by atoms with Gasteiger partial charge in [-0.25, -0.2) is 4.79 Å². The number of nitrogens with zero attached hydrogens (tertiary/aromatic N) is 1. The number of fused-ring (bicyclic) bond motifs is 2. The van der Waals surface area contributed by atoms with Gasteiger partial charge >= 0.3 is 5.63 Å². The first-order valence-electron chi connectivity index (χ1n) is 7.33. The van der Waals surface area contributed by atoms with E-state index in [0.29, 0.717) is 24.2 Å². The summed E-state index contributed by atoms with van der Waals surface area (Å²) in [5.41, 5.74) is 0.0295. The number of rotatable bonds is 3. The summed E-state index contributed by atoms with van der Waals surface area (Å²) in [4.78, 5) is 25.5. The molecule has 3 heterocycles. The molecule has 2 aliphatic heterocycles. The molecule has 0 spiro atoms. The van der Waals surface area contributed by atoms with Gasteiger partial charge in [-0.05, 0) is 38.7 Å². The van der Waals surface area contributed by atoms with Crippen LogP contribution in [0.15, 0.2) is 27.6 Å². The Kier molecular flexibility index (Phi) is 3.61. The minimum absolute atomic E-state index is 0.0393. The van der Waals surface area contributed by atoms with Gasteiger partial charge in [-0.3, -0.25) is 4.79 Å². The molecule has 2 aliphatic rings. The molecule has 5 nitrogen and oxygen atoms in total. The van der Waals surface area contributed by atoms with Crippen LogP contribution >= 0.6 is 0 Å². The first kappa shape index (κ1) is 13.4. The Bertz CT molecular complexity index is 522. The molecule has 3 rings (SSSR count). The lowest BCUT2D eigenvalue weighted by atomic mass is 9.97. The third-order valence-electron chi connectivity index (χ3n) is 4.44. The van der Waals surface area contributed by atoms with Crippen molar-refractivity contribution in [2.24, 2.45) is 0 Å². The third kappa shape index (κ3) is 2.50. The molecule has 5 heteroatoms. The minimum atomic E-state index is -0.426. The summed E-state index contributed by atoms with van der Waals surface area (Å²) in [5, 5.41) is 3.59. The van der Waals surface area contributed by atoms with Crippen LogP contribution in [0, 0.1) is 0 Å². The van der Waals surface area contributed by atoms with E-state index in [-0.39, 0.29) is 11.9 Å². The monoisotopic (exact) mass is 276 g/mol. The summed E-state index contributed by atoms with van der Waals surface area (Å²) >= 11 is 0. The van der Waals surface area contributed by atoms with Crippen molar-refractivity contribution in [2.45, 2.75) is 50.7 Å². The quantitative estimate of drug-likeness (QED) is 0.906. The first-order valence-corrected chi connectivity index (χ1v) is 7.33. The van der Waals surface area contributed by atoms with Crippen molar-refractivity contribution >= 4 is 5.91 Å². The molecule has 1 N–H and O–H groups in total. The van der Waals surface area contributed by atoms with E-state index in [0.717, 1.165) is 12.8 Å². The fourth-order valence-corrected chi connectivity index (χ4v) is 3.49. The van der Waals surface area contributed by atoms with Crippen LogP contribution in [-0.2, 0) is 0 Å². The van der Waals surface area contributed by atoms with E-state index in [1.54, 1.807) is 6.07 Å². The van der Waals surface area contributed by atoms with Gasteiger partial charge < -0.3 is 14.6 Å². The Morgan fingerprint density at radius 2 is 2.05 bits per heavy atom. The lowest BCUT2D eigenvalue weighted by molar-refractivity contribution is 0.0628. The average Bonchev–Trinajstić information content (AvgIpc) is 2.79. The maximum atomic E-state index is 12.6. The number of carbonyl (C=O) groups is 1. The number of hydrogen-bond donors (Lipinski definition) is 1. The van der Waals surface area contributed by atoms with Crippen molar-refractivity contribution < 1.29 is 9.21 Å². The molecule has 1 aromatic heterocycles. The van der Waals surface area contributed by atoms with Gasteiger partial charge in [-0.15, -0.1) is 0 Å². The van der Waals surface area contributed by atoms with Gasteiger partial charge in [-0.1, -0.05) is 0 Å². The normalized spacial score (nSPS) is 28.4. The van der Waals surface area contributed by atoms with Crippen LogP contribution in [-0.4, -0.2) is 35.5 Å². The van der Waals surface area contributed by atoms with Gasteiger partial charge in [0.05, 0.1) is 5.56 Å². The molecule has 0 saturated carbocycles. The summed E-state index contributed by atoms with van der Waals surface area (Å²) in [6.07, 6.45) is 5.74. The average molecular weight is 276 g/mol. The Labute approximate surface area is 118 Å². The van der Waals surface area contributed by atoms with Crippen LogP contribution in [0.5, 0.6) is 0 Å². The van der Waals surface area contributed by atoms with Crippen LogP contribution in [0.1, 0.15) is 43.0 Å². The molecule has 0 aromatic carbocycles. The Hall–Kier alpha value is -1.62. The molecule has 2 atom stereocenters. The summed E-state index contributed by atoms with van der Waals surface area (Å²) in [6.45, 7) is 2.68. The highest BCUT2D eigenvalue weighted by atomic mass is 16.4. The smallest absolute Gasteiger partial charge is 0.335 e. The molecule has 2 unspecified atom stereocenters. The van der Waals surface area contributed by atoms with Crippen molar-refractivity contribution in [2.75, 3.05) is 6.54 Å². The van der Waals surface area contributed by atoms with Crippen LogP contribution in [0.3, 0.4) is 0 Å². The number of nitrogens with one attached hydrogen (secondary N) is 1. The largest absolute Gasteiger partial charge is 0.430 e. The predicted molar refractivity (Wildman–Crippen MR) is 74.7 cm³/mol. The second-order valence-corrected chi connectivity index (χ2v) is 5.70. The van der Waals surface area contributed by atoms with Gasteiger partial charge in [0.25, 0.3) is 5.91 Å². The van der Waals surface area contributed by atoms with Crippen LogP contribution in [0.4, 0.5) is 0 Å². The van der Waals surface area contributed by atoms with Gasteiger partial charge in [-0.2, -0.15) is 0 Å².